The second-order valence-corrected chi connectivity index (χ2v) is 5.44. The molecule has 1 aromatic heterocycles. The number of hydrogen-bond donors (Lipinski definition) is 1. The largest absolute Gasteiger partial charge is 0.388 e. The topological polar surface area (TPSA) is 38.0 Å². The molecule has 3 nitrogen and oxygen atoms in total. The van der Waals surface area contributed by atoms with E-state index < -0.39 is 6.10 Å². The molecular weight excluding hydrogens is 316 g/mol. The molecule has 0 saturated heterocycles. The highest BCUT2D eigenvalue weighted by molar-refractivity contribution is 9.10. The average molecular weight is 330 g/mol. The molecule has 5 heteroatoms. The first-order valence-electron chi connectivity index (χ1n) is 5.67. The Labute approximate surface area is 120 Å². The number of aromatic nitrogens is 2. The van der Waals surface area contributed by atoms with Crippen molar-refractivity contribution in [1.29, 1.82) is 0 Å². The molecule has 0 spiro atoms. The summed E-state index contributed by atoms with van der Waals surface area (Å²) in [4.78, 5) is 4.23. The lowest BCUT2D eigenvalue weighted by atomic mass is 10.0. The molecule has 1 heterocycles. The highest BCUT2D eigenvalue weighted by Crippen LogP contribution is 2.27. The SMILES string of the molecule is Cn1ccnc1CCC(O)c1ccc(Cl)c(Br)c1. The summed E-state index contributed by atoms with van der Waals surface area (Å²) in [6.45, 7) is 0. The van der Waals surface area contributed by atoms with Gasteiger partial charge in [0.05, 0.1) is 11.1 Å². The maximum atomic E-state index is 10.1. The molecule has 1 aromatic carbocycles. The molecule has 0 radical (unpaired) electrons. The number of rotatable bonds is 4. The molecule has 0 aliphatic rings. The fraction of sp³-hybridized carbons (Fsp3) is 0.308. The first kappa shape index (κ1) is 13.6. The molecule has 0 amide bonds. The fourth-order valence-electron chi connectivity index (χ4n) is 1.79. The van der Waals surface area contributed by atoms with Gasteiger partial charge in [0.1, 0.15) is 5.82 Å². The minimum atomic E-state index is -0.504. The third kappa shape index (κ3) is 3.13. The average Bonchev–Trinajstić information content (AvgIpc) is 2.75. The lowest BCUT2D eigenvalue weighted by Crippen LogP contribution is -2.03. The van der Waals surface area contributed by atoms with Gasteiger partial charge >= 0.3 is 0 Å². The van der Waals surface area contributed by atoms with E-state index in [9.17, 15) is 5.11 Å². The van der Waals surface area contributed by atoms with Crippen molar-refractivity contribution in [2.45, 2.75) is 18.9 Å². The van der Waals surface area contributed by atoms with E-state index >= 15 is 0 Å². The van der Waals surface area contributed by atoms with Crippen molar-refractivity contribution >= 4 is 27.5 Å². The molecule has 0 aliphatic heterocycles. The number of aliphatic hydroxyl groups excluding tert-OH is 1. The van der Waals surface area contributed by atoms with E-state index in [1.807, 2.05) is 29.9 Å². The molecule has 0 saturated carbocycles. The van der Waals surface area contributed by atoms with E-state index in [4.69, 9.17) is 11.6 Å². The van der Waals surface area contributed by atoms with Crippen molar-refractivity contribution in [3.8, 4) is 0 Å². The second kappa shape index (κ2) is 5.87. The number of aliphatic hydroxyl groups is 1. The van der Waals surface area contributed by atoms with Crippen LogP contribution in [0.15, 0.2) is 35.1 Å². The molecule has 0 aliphatic carbocycles. The zero-order chi connectivity index (χ0) is 13.1. The second-order valence-electron chi connectivity index (χ2n) is 4.18. The van der Waals surface area contributed by atoms with Crippen LogP contribution in [0.2, 0.25) is 5.02 Å². The molecule has 0 fully saturated rings. The van der Waals surface area contributed by atoms with Crippen LogP contribution in [0.3, 0.4) is 0 Å². The smallest absolute Gasteiger partial charge is 0.108 e. The highest BCUT2D eigenvalue weighted by Gasteiger charge is 2.11. The number of benzene rings is 1. The molecule has 96 valence electrons. The van der Waals surface area contributed by atoms with Gasteiger partial charge in [-0.15, -0.1) is 0 Å². The lowest BCUT2D eigenvalue weighted by Gasteiger charge is -2.11. The quantitative estimate of drug-likeness (QED) is 0.932. The van der Waals surface area contributed by atoms with Crippen LogP contribution < -0.4 is 0 Å². The van der Waals surface area contributed by atoms with Gasteiger partial charge in [0, 0.05) is 30.3 Å². The first-order valence-corrected chi connectivity index (χ1v) is 6.84. The summed E-state index contributed by atoms with van der Waals surface area (Å²) in [5.74, 6) is 0.974. The van der Waals surface area contributed by atoms with E-state index in [-0.39, 0.29) is 0 Å². The Morgan fingerprint density at radius 2 is 2.28 bits per heavy atom. The third-order valence-electron chi connectivity index (χ3n) is 2.89. The maximum Gasteiger partial charge on any atom is 0.108 e. The van der Waals surface area contributed by atoms with E-state index in [2.05, 4.69) is 20.9 Å². The Kier molecular flexibility index (Phi) is 4.43. The Morgan fingerprint density at radius 1 is 1.50 bits per heavy atom. The van der Waals surface area contributed by atoms with Gasteiger partial charge in [-0.2, -0.15) is 0 Å². The number of halogens is 2. The van der Waals surface area contributed by atoms with Gasteiger partial charge in [-0.3, -0.25) is 0 Å². The van der Waals surface area contributed by atoms with Crippen molar-refractivity contribution in [3.63, 3.8) is 0 Å². The Morgan fingerprint density at radius 3 is 2.89 bits per heavy atom. The minimum absolute atomic E-state index is 0.504. The molecule has 1 N–H and O–H groups in total. The van der Waals surface area contributed by atoms with Gasteiger partial charge in [0.25, 0.3) is 0 Å². The van der Waals surface area contributed by atoms with Crippen molar-refractivity contribution < 1.29 is 5.11 Å². The molecule has 1 unspecified atom stereocenters. The van der Waals surface area contributed by atoms with Crippen LogP contribution in [0.25, 0.3) is 0 Å². The van der Waals surface area contributed by atoms with Crippen LogP contribution in [-0.2, 0) is 13.5 Å². The highest BCUT2D eigenvalue weighted by atomic mass is 79.9. The number of aryl methyl sites for hydroxylation is 2. The predicted molar refractivity (Wildman–Crippen MR) is 75.6 cm³/mol. The van der Waals surface area contributed by atoms with Crippen LogP contribution in [0.1, 0.15) is 23.9 Å². The number of imidazole rings is 1. The summed E-state index contributed by atoms with van der Waals surface area (Å²) in [7, 11) is 1.95. The van der Waals surface area contributed by atoms with Crippen LogP contribution in [0.4, 0.5) is 0 Å². The van der Waals surface area contributed by atoms with Gasteiger partial charge in [-0.05, 0) is 40.0 Å². The summed E-state index contributed by atoms with van der Waals surface area (Å²) in [5, 5.41) is 10.8. The molecule has 1 atom stereocenters. The third-order valence-corrected chi connectivity index (χ3v) is 4.10. The van der Waals surface area contributed by atoms with Crippen LogP contribution in [0.5, 0.6) is 0 Å². The predicted octanol–water partition coefficient (Wildman–Crippen LogP) is 3.50. The minimum Gasteiger partial charge on any atom is -0.388 e. The zero-order valence-electron chi connectivity index (χ0n) is 9.98. The summed E-state index contributed by atoms with van der Waals surface area (Å²) in [6, 6.07) is 5.48. The Balaban J connectivity index is 2.01. The Hall–Kier alpha value is -0.840. The van der Waals surface area contributed by atoms with Crippen molar-refractivity contribution in [2.75, 3.05) is 0 Å². The standard InChI is InChI=1S/C13H14BrClN2O/c1-17-7-6-16-13(17)5-4-12(18)9-2-3-11(15)10(14)8-9/h2-3,6-8,12,18H,4-5H2,1H3. The monoisotopic (exact) mass is 328 g/mol. The van der Waals surface area contributed by atoms with Gasteiger partial charge in [0.2, 0.25) is 0 Å². The van der Waals surface area contributed by atoms with Crippen molar-refractivity contribution in [1.82, 2.24) is 9.55 Å². The molecule has 0 bridgehead atoms. The normalized spacial score (nSPS) is 12.7. The molecule has 2 rings (SSSR count). The van der Waals surface area contributed by atoms with E-state index in [1.54, 1.807) is 12.3 Å². The van der Waals surface area contributed by atoms with Crippen molar-refractivity contribution in [2.24, 2.45) is 7.05 Å². The van der Waals surface area contributed by atoms with E-state index in [0.29, 0.717) is 11.4 Å². The first-order chi connectivity index (χ1) is 8.58. The maximum absolute atomic E-state index is 10.1. The lowest BCUT2D eigenvalue weighted by molar-refractivity contribution is 0.166. The van der Waals surface area contributed by atoms with Gasteiger partial charge in [-0.1, -0.05) is 17.7 Å². The molecule has 2 aromatic rings. The summed E-state index contributed by atoms with van der Waals surface area (Å²) < 4.78 is 2.77. The zero-order valence-corrected chi connectivity index (χ0v) is 12.3. The number of nitrogens with zero attached hydrogens (tertiary/aromatic N) is 2. The fourth-order valence-corrected chi connectivity index (χ4v) is 2.30. The van der Waals surface area contributed by atoms with E-state index in [0.717, 1.165) is 22.3 Å². The van der Waals surface area contributed by atoms with Gasteiger partial charge < -0.3 is 9.67 Å². The Bertz CT molecular complexity index is 542. The summed E-state index contributed by atoms with van der Waals surface area (Å²) >= 11 is 9.28. The number of hydrogen-bond acceptors (Lipinski definition) is 2. The van der Waals surface area contributed by atoms with Crippen LogP contribution >= 0.6 is 27.5 Å². The molecule has 18 heavy (non-hydrogen) atoms. The van der Waals surface area contributed by atoms with Gasteiger partial charge in [0.15, 0.2) is 0 Å². The van der Waals surface area contributed by atoms with Crippen LogP contribution in [0, 0.1) is 0 Å². The summed E-state index contributed by atoms with van der Waals surface area (Å²) in [5.41, 5.74) is 0.862. The molecular formula is C13H14BrClN2O. The van der Waals surface area contributed by atoms with Crippen LogP contribution in [-0.4, -0.2) is 14.7 Å². The van der Waals surface area contributed by atoms with Gasteiger partial charge in [-0.25, -0.2) is 4.98 Å². The van der Waals surface area contributed by atoms with Crippen molar-refractivity contribution in [3.05, 3.63) is 51.5 Å². The summed E-state index contributed by atoms with van der Waals surface area (Å²) in [6.07, 6.45) is 4.54. The van der Waals surface area contributed by atoms with E-state index in [1.165, 1.54) is 0 Å².